The molecule has 1 unspecified atom stereocenters. The number of para-hydroxylation sites is 1. The number of hydrogen-bond donors (Lipinski definition) is 1. The van der Waals surface area contributed by atoms with Crippen molar-refractivity contribution in [1.29, 1.82) is 0 Å². The predicted octanol–water partition coefficient (Wildman–Crippen LogP) is 4.50. The van der Waals surface area contributed by atoms with Gasteiger partial charge in [0.05, 0.1) is 16.5 Å². The van der Waals surface area contributed by atoms with Gasteiger partial charge in [0.15, 0.2) is 10.8 Å². The monoisotopic (exact) mass is 394 g/mol. The van der Waals surface area contributed by atoms with Gasteiger partial charge in [-0.1, -0.05) is 43.8 Å². The number of carbonyl (C=O) groups is 1. The minimum Gasteiger partial charge on any atom is -0.325 e. The van der Waals surface area contributed by atoms with Crippen LogP contribution in [0, 0.1) is 5.92 Å². The van der Waals surface area contributed by atoms with E-state index >= 15 is 0 Å². The molecule has 1 atom stereocenters. The van der Waals surface area contributed by atoms with Crippen LogP contribution in [-0.2, 0) is 11.0 Å². The van der Waals surface area contributed by atoms with E-state index in [1.807, 2.05) is 26.0 Å². The number of carbonyl (C=O) groups excluding carboxylic acids is 1. The van der Waals surface area contributed by atoms with Crippen LogP contribution in [0.3, 0.4) is 0 Å². The van der Waals surface area contributed by atoms with Crippen LogP contribution in [-0.4, -0.2) is 25.8 Å². The molecule has 27 heavy (non-hydrogen) atoms. The maximum absolute atomic E-state index is 13.2. The highest BCUT2D eigenvalue weighted by atomic mass is 32.2. The number of halogens is 3. The summed E-state index contributed by atoms with van der Waals surface area (Å²) in [4.78, 5) is 12.7. The van der Waals surface area contributed by atoms with E-state index in [1.54, 1.807) is 16.7 Å². The van der Waals surface area contributed by atoms with Gasteiger partial charge >= 0.3 is 6.18 Å². The lowest BCUT2D eigenvalue weighted by molar-refractivity contribution is -0.137. The standard InChI is InChI=1S/C18H17F3N4OS/c1-11(2)15(27-17-24-23-14-9-5-6-10-25(14)17)16(26)22-13-8-4-3-7-12(13)18(19,20)21/h3-11,15H,1-2H3,(H,22,26). The smallest absolute Gasteiger partial charge is 0.325 e. The molecule has 2 aromatic heterocycles. The van der Waals surface area contributed by atoms with Crippen LogP contribution in [0.15, 0.2) is 53.8 Å². The molecule has 0 saturated heterocycles. The number of nitrogens with zero attached hydrogens (tertiary/aromatic N) is 3. The van der Waals surface area contributed by atoms with Crippen LogP contribution in [0.5, 0.6) is 0 Å². The topological polar surface area (TPSA) is 59.3 Å². The number of pyridine rings is 1. The Kier molecular flexibility index (Phi) is 5.41. The van der Waals surface area contributed by atoms with Crippen LogP contribution in [0.25, 0.3) is 5.65 Å². The molecule has 2 heterocycles. The van der Waals surface area contributed by atoms with Gasteiger partial charge in [-0.15, -0.1) is 10.2 Å². The first-order valence-electron chi connectivity index (χ1n) is 8.21. The maximum Gasteiger partial charge on any atom is 0.418 e. The number of hydrogen-bond acceptors (Lipinski definition) is 4. The summed E-state index contributed by atoms with van der Waals surface area (Å²) in [6, 6.07) is 10.3. The third kappa shape index (κ3) is 4.24. The Labute approximate surface area is 158 Å². The molecule has 5 nitrogen and oxygen atoms in total. The van der Waals surface area contributed by atoms with E-state index < -0.39 is 22.9 Å². The van der Waals surface area contributed by atoms with Gasteiger partial charge in [-0.3, -0.25) is 9.20 Å². The summed E-state index contributed by atoms with van der Waals surface area (Å²) in [6.07, 6.45) is -2.78. The fraction of sp³-hybridized carbons (Fsp3) is 0.278. The fourth-order valence-corrected chi connectivity index (χ4v) is 3.57. The molecule has 9 heteroatoms. The number of amides is 1. The van der Waals surface area contributed by atoms with E-state index in [0.29, 0.717) is 10.8 Å². The molecule has 0 aliphatic heterocycles. The summed E-state index contributed by atoms with van der Waals surface area (Å²) in [5.41, 5.74) is -0.503. The molecule has 0 saturated carbocycles. The number of anilines is 1. The van der Waals surface area contributed by atoms with Crippen molar-refractivity contribution in [2.24, 2.45) is 5.92 Å². The van der Waals surface area contributed by atoms with Crippen molar-refractivity contribution < 1.29 is 18.0 Å². The van der Waals surface area contributed by atoms with Crippen LogP contribution < -0.4 is 5.32 Å². The number of rotatable bonds is 5. The van der Waals surface area contributed by atoms with Gasteiger partial charge < -0.3 is 5.32 Å². The largest absolute Gasteiger partial charge is 0.418 e. The quantitative estimate of drug-likeness (QED) is 0.647. The van der Waals surface area contributed by atoms with Gasteiger partial charge in [0, 0.05) is 6.20 Å². The van der Waals surface area contributed by atoms with E-state index in [-0.39, 0.29) is 11.6 Å². The first kappa shape index (κ1) is 19.2. The second-order valence-electron chi connectivity index (χ2n) is 6.23. The number of benzene rings is 1. The number of alkyl halides is 3. The molecule has 0 radical (unpaired) electrons. The molecular formula is C18H17F3N4OS. The summed E-state index contributed by atoms with van der Waals surface area (Å²) in [5, 5.41) is 10.4. The van der Waals surface area contributed by atoms with Crippen LogP contribution >= 0.6 is 11.8 Å². The van der Waals surface area contributed by atoms with Crippen molar-refractivity contribution in [3.8, 4) is 0 Å². The lowest BCUT2D eigenvalue weighted by Gasteiger charge is -2.20. The highest BCUT2D eigenvalue weighted by Gasteiger charge is 2.34. The van der Waals surface area contributed by atoms with E-state index in [0.717, 1.165) is 6.07 Å². The van der Waals surface area contributed by atoms with Gasteiger partial charge in [-0.05, 0) is 30.2 Å². The van der Waals surface area contributed by atoms with E-state index in [4.69, 9.17) is 0 Å². The fourth-order valence-electron chi connectivity index (χ4n) is 2.55. The zero-order valence-electron chi connectivity index (χ0n) is 14.6. The normalized spacial score (nSPS) is 13.1. The molecule has 1 amide bonds. The summed E-state index contributed by atoms with van der Waals surface area (Å²) in [5.74, 6) is -0.650. The molecule has 3 rings (SSSR count). The van der Waals surface area contributed by atoms with Crippen LogP contribution in [0.4, 0.5) is 18.9 Å². The zero-order valence-corrected chi connectivity index (χ0v) is 15.4. The molecule has 0 aliphatic rings. The Morgan fingerprint density at radius 2 is 1.81 bits per heavy atom. The van der Waals surface area contributed by atoms with Crippen molar-refractivity contribution >= 4 is 29.0 Å². The molecule has 0 spiro atoms. The van der Waals surface area contributed by atoms with E-state index in [1.165, 1.54) is 30.0 Å². The lowest BCUT2D eigenvalue weighted by Crippen LogP contribution is -2.30. The summed E-state index contributed by atoms with van der Waals surface area (Å²) in [7, 11) is 0. The van der Waals surface area contributed by atoms with Gasteiger partial charge in [0.2, 0.25) is 5.91 Å². The number of thioether (sulfide) groups is 1. The lowest BCUT2D eigenvalue weighted by atomic mass is 10.1. The molecule has 3 aromatic rings. The molecule has 142 valence electrons. The van der Waals surface area contributed by atoms with E-state index in [9.17, 15) is 18.0 Å². The van der Waals surface area contributed by atoms with Crippen molar-refractivity contribution in [3.63, 3.8) is 0 Å². The highest BCUT2D eigenvalue weighted by molar-refractivity contribution is 8.00. The van der Waals surface area contributed by atoms with Crippen molar-refractivity contribution in [2.45, 2.75) is 30.4 Å². The van der Waals surface area contributed by atoms with Gasteiger partial charge in [0.25, 0.3) is 0 Å². The van der Waals surface area contributed by atoms with Crippen LogP contribution in [0.1, 0.15) is 19.4 Å². The highest BCUT2D eigenvalue weighted by Crippen LogP contribution is 2.35. The minimum atomic E-state index is -4.55. The second kappa shape index (κ2) is 7.59. The van der Waals surface area contributed by atoms with Gasteiger partial charge in [-0.2, -0.15) is 13.2 Å². The van der Waals surface area contributed by atoms with Crippen LogP contribution in [0.2, 0.25) is 0 Å². The number of fused-ring (bicyclic) bond motifs is 1. The summed E-state index contributed by atoms with van der Waals surface area (Å²) >= 11 is 1.17. The molecule has 0 fully saturated rings. The Bertz CT molecular complexity index is 955. The summed E-state index contributed by atoms with van der Waals surface area (Å²) in [6.45, 7) is 3.66. The molecule has 0 aliphatic carbocycles. The average Bonchev–Trinajstić information content (AvgIpc) is 3.02. The van der Waals surface area contributed by atoms with Gasteiger partial charge in [-0.25, -0.2) is 0 Å². The molecule has 1 N–H and O–H groups in total. The Hall–Kier alpha value is -2.55. The van der Waals surface area contributed by atoms with Crippen molar-refractivity contribution in [1.82, 2.24) is 14.6 Å². The van der Waals surface area contributed by atoms with Crippen molar-refractivity contribution in [2.75, 3.05) is 5.32 Å². The first-order chi connectivity index (χ1) is 12.8. The average molecular weight is 394 g/mol. The van der Waals surface area contributed by atoms with Gasteiger partial charge in [0.1, 0.15) is 0 Å². The third-order valence-corrected chi connectivity index (χ3v) is 5.37. The SMILES string of the molecule is CC(C)C(Sc1nnc2ccccn12)C(=O)Nc1ccccc1C(F)(F)F. The van der Waals surface area contributed by atoms with E-state index in [2.05, 4.69) is 15.5 Å². The Morgan fingerprint density at radius 1 is 1.11 bits per heavy atom. The predicted molar refractivity (Wildman–Crippen MR) is 97.5 cm³/mol. The summed E-state index contributed by atoms with van der Waals surface area (Å²) < 4.78 is 41.2. The van der Waals surface area contributed by atoms with Crippen molar-refractivity contribution in [3.05, 3.63) is 54.2 Å². The Morgan fingerprint density at radius 3 is 2.52 bits per heavy atom. The zero-order chi connectivity index (χ0) is 19.6. The maximum atomic E-state index is 13.2. The molecular weight excluding hydrogens is 377 g/mol. The Balaban J connectivity index is 1.85. The molecule has 1 aromatic carbocycles. The minimum absolute atomic E-state index is 0.135. The second-order valence-corrected chi connectivity index (χ2v) is 7.34. The number of nitrogens with one attached hydrogen (secondary N) is 1. The number of aromatic nitrogens is 3. The third-order valence-electron chi connectivity index (χ3n) is 3.87. The first-order valence-corrected chi connectivity index (χ1v) is 9.09. The molecule has 0 bridgehead atoms.